The lowest BCUT2D eigenvalue weighted by Crippen LogP contribution is -2.33. The lowest BCUT2D eigenvalue weighted by Gasteiger charge is -2.23. The van der Waals surface area contributed by atoms with Gasteiger partial charge in [0.2, 0.25) is 0 Å². The summed E-state index contributed by atoms with van der Waals surface area (Å²) < 4.78 is 14.1. The zero-order valence-electron chi connectivity index (χ0n) is 21.2. The molecule has 2 aliphatic heterocycles. The van der Waals surface area contributed by atoms with Crippen molar-refractivity contribution in [3.63, 3.8) is 0 Å². The molecule has 3 heterocycles. The monoisotopic (exact) mass is 499 g/mol. The molecule has 1 unspecified atom stereocenters. The number of rotatable bonds is 7. The van der Waals surface area contributed by atoms with E-state index in [4.69, 9.17) is 14.6 Å². The van der Waals surface area contributed by atoms with Gasteiger partial charge in [-0.25, -0.2) is 9.48 Å². The Morgan fingerprint density at radius 2 is 1.92 bits per heavy atom. The lowest BCUT2D eigenvalue weighted by atomic mass is 10.0. The van der Waals surface area contributed by atoms with Crippen molar-refractivity contribution in [1.29, 1.82) is 0 Å². The Morgan fingerprint density at radius 3 is 2.73 bits per heavy atom. The van der Waals surface area contributed by atoms with Crippen molar-refractivity contribution in [2.24, 2.45) is 0 Å². The minimum Gasteiger partial charge on any atom is -0.492 e. The largest absolute Gasteiger partial charge is 0.492 e. The third-order valence-corrected chi connectivity index (χ3v) is 7.81. The Kier molecular flexibility index (Phi) is 6.57. The first-order chi connectivity index (χ1) is 18.1. The highest BCUT2D eigenvalue weighted by molar-refractivity contribution is 6.00. The van der Waals surface area contributed by atoms with Crippen LogP contribution in [0.2, 0.25) is 0 Å². The smallest absolute Gasteiger partial charge is 0.335 e. The molecule has 7 heteroatoms. The quantitative estimate of drug-likeness (QED) is 0.330. The van der Waals surface area contributed by atoms with Gasteiger partial charge in [0.1, 0.15) is 18.1 Å². The van der Waals surface area contributed by atoms with E-state index in [0.717, 1.165) is 77.6 Å². The number of aromatic nitrogens is 2. The number of ether oxygens (including phenoxy) is 2. The number of carbonyl (C=O) groups is 1. The van der Waals surface area contributed by atoms with Gasteiger partial charge in [0, 0.05) is 23.6 Å². The van der Waals surface area contributed by atoms with Gasteiger partial charge in [-0.3, -0.25) is 4.90 Å². The van der Waals surface area contributed by atoms with Crippen molar-refractivity contribution >= 4 is 27.6 Å². The van der Waals surface area contributed by atoms with Gasteiger partial charge < -0.3 is 14.6 Å². The fourth-order valence-corrected chi connectivity index (χ4v) is 5.78. The van der Waals surface area contributed by atoms with Crippen molar-refractivity contribution in [1.82, 2.24) is 14.7 Å². The number of likely N-dealkylation sites (tertiary alicyclic amines) is 1. The van der Waals surface area contributed by atoms with E-state index in [1.54, 1.807) is 12.1 Å². The summed E-state index contributed by atoms with van der Waals surface area (Å²) in [5.74, 6) is -0.0568. The third kappa shape index (κ3) is 4.69. The van der Waals surface area contributed by atoms with E-state index < -0.39 is 5.97 Å². The van der Waals surface area contributed by atoms with Gasteiger partial charge in [0.05, 0.1) is 11.1 Å². The second-order valence-corrected chi connectivity index (χ2v) is 10.1. The Balaban J connectivity index is 1.33. The molecule has 1 aromatic heterocycles. The summed E-state index contributed by atoms with van der Waals surface area (Å²) >= 11 is 0. The summed E-state index contributed by atoms with van der Waals surface area (Å²) in [6.07, 6.45) is 5.35. The molecule has 0 radical (unpaired) electrons. The molecule has 0 aliphatic carbocycles. The van der Waals surface area contributed by atoms with Crippen LogP contribution in [0.1, 0.15) is 55.6 Å². The SMILES string of the molecule is CCN1CCCC1COc1ccc2cc(-c3nn([C@@H]4CCCCO4)c4ccc(C(=O)O)cc34)ccc2c1. The topological polar surface area (TPSA) is 76.8 Å². The van der Waals surface area contributed by atoms with E-state index in [9.17, 15) is 9.90 Å². The van der Waals surface area contributed by atoms with Crippen molar-refractivity contribution in [3.8, 4) is 17.0 Å². The standard InChI is InChI=1S/C30H33N3O4/c1-2-32-14-5-6-24(32)19-37-25-12-10-20-16-22(9-8-21(20)17-25)29-26-18-23(30(34)35)11-13-27(26)33(31-29)28-7-3-4-15-36-28/h8-13,16-18,24,28H,2-7,14-15,19H2,1H3,(H,34,35)/t24?,28-/m0/s1. The Labute approximate surface area is 216 Å². The fourth-order valence-electron chi connectivity index (χ4n) is 5.78. The van der Waals surface area contributed by atoms with E-state index in [1.165, 1.54) is 12.8 Å². The molecule has 2 aliphatic rings. The highest BCUT2D eigenvalue weighted by Crippen LogP contribution is 2.35. The average molecular weight is 500 g/mol. The third-order valence-electron chi connectivity index (χ3n) is 7.81. The molecular weight excluding hydrogens is 466 g/mol. The maximum atomic E-state index is 11.7. The number of fused-ring (bicyclic) bond motifs is 2. The maximum Gasteiger partial charge on any atom is 0.335 e. The number of aromatic carboxylic acids is 1. The minimum atomic E-state index is -0.944. The molecule has 0 spiro atoms. The molecule has 0 saturated carbocycles. The van der Waals surface area contributed by atoms with Gasteiger partial charge in [0.15, 0.2) is 6.23 Å². The number of hydrogen-bond donors (Lipinski definition) is 1. The lowest BCUT2D eigenvalue weighted by molar-refractivity contribution is -0.0365. The van der Waals surface area contributed by atoms with E-state index in [1.807, 2.05) is 16.8 Å². The Hall–Kier alpha value is -3.42. The average Bonchev–Trinajstić information content (AvgIpc) is 3.56. The number of carboxylic acid groups (broad SMARTS) is 1. The highest BCUT2D eigenvalue weighted by Gasteiger charge is 2.24. The van der Waals surface area contributed by atoms with Gasteiger partial charge in [0.25, 0.3) is 0 Å². The molecule has 0 amide bonds. The zero-order valence-corrected chi connectivity index (χ0v) is 21.2. The Morgan fingerprint density at radius 1 is 1.05 bits per heavy atom. The molecule has 2 fully saturated rings. The van der Waals surface area contributed by atoms with E-state index in [2.05, 4.69) is 42.2 Å². The van der Waals surface area contributed by atoms with Crippen molar-refractivity contribution in [2.45, 2.75) is 51.3 Å². The summed E-state index contributed by atoms with van der Waals surface area (Å²) in [5.41, 5.74) is 2.87. The van der Waals surface area contributed by atoms with Gasteiger partial charge in [-0.15, -0.1) is 0 Å². The molecule has 2 atom stereocenters. The molecule has 1 N–H and O–H groups in total. The van der Waals surface area contributed by atoms with Crippen LogP contribution in [0, 0.1) is 0 Å². The number of likely N-dealkylation sites (N-methyl/N-ethyl adjacent to an activating group) is 1. The van der Waals surface area contributed by atoms with Crippen LogP contribution in [-0.4, -0.2) is 58.1 Å². The van der Waals surface area contributed by atoms with Crippen molar-refractivity contribution in [3.05, 3.63) is 60.2 Å². The fraction of sp³-hybridized carbons (Fsp3) is 0.400. The van der Waals surface area contributed by atoms with Crippen LogP contribution in [0.4, 0.5) is 0 Å². The predicted molar refractivity (Wildman–Crippen MR) is 144 cm³/mol. The summed E-state index contributed by atoms with van der Waals surface area (Å²) in [4.78, 5) is 14.2. The van der Waals surface area contributed by atoms with Crippen molar-refractivity contribution in [2.75, 3.05) is 26.3 Å². The maximum absolute atomic E-state index is 11.7. The highest BCUT2D eigenvalue weighted by atomic mass is 16.5. The normalized spacial score (nSPS) is 20.6. The molecule has 192 valence electrons. The first kappa shape index (κ1) is 23.9. The second-order valence-electron chi connectivity index (χ2n) is 10.1. The number of benzene rings is 3. The van der Waals surface area contributed by atoms with E-state index >= 15 is 0 Å². The summed E-state index contributed by atoms with van der Waals surface area (Å²) in [7, 11) is 0. The van der Waals surface area contributed by atoms with Gasteiger partial charge >= 0.3 is 5.97 Å². The van der Waals surface area contributed by atoms with Crippen LogP contribution >= 0.6 is 0 Å². The van der Waals surface area contributed by atoms with Crippen molar-refractivity contribution < 1.29 is 19.4 Å². The van der Waals surface area contributed by atoms with Crippen LogP contribution < -0.4 is 4.74 Å². The predicted octanol–water partition coefficient (Wildman–Crippen LogP) is 6.12. The molecule has 7 nitrogen and oxygen atoms in total. The van der Waals surface area contributed by atoms with Gasteiger partial charge in [-0.2, -0.15) is 5.10 Å². The number of nitrogens with zero attached hydrogens (tertiary/aromatic N) is 3. The van der Waals surface area contributed by atoms with Crippen LogP contribution in [0.15, 0.2) is 54.6 Å². The molecule has 4 aromatic rings. The van der Waals surface area contributed by atoms with Crippen LogP contribution in [0.3, 0.4) is 0 Å². The second kappa shape index (κ2) is 10.1. The summed E-state index contributed by atoms with van der Waals surface area (Å²) in [6, 6.07) is 18.2. The van der Waals surface area contributed by atoms with E-state index in [0.29, 0.717) is 12.6 Å². The Bertz CT molecular complexity index is 1440. The number of hydrogen-bond acceptors (Lipinski definition) is 5. The van der Waals surface area contributed by atoms with Gasteiger partial charge in [-0.1, -0.05) is 25.1 Å². The number of carboxylic acids is 1. The summed E-state index contributed by atoms with van der Waals surface area (Å²) in [6.45, 7) is 5.88. The first-order valence-electron chi connectivity index (χ1n) is 13.4. The molecule has 0 bridgehead atoms. The molecule has 6 rings (SSSR count). The van der Waals surface area contributed by atoms with Crippen LogP contribution in [0.25, 0.3) is 32.9 Å². The zero-order chi connectivity index (χ0) is 25.4. The molecule has 37 heavy (non-hydrogen) atoms. The van der Waals surface area contributed by atoms with Crippen LogP contribution in [-0.2, 0) is 4.74 Å². The molecular formula is C30H33N3O4. The van der Waals surface area contributed by atoms with Gasteiger partial charge in [-0.05, 0) is 92.4 Å². The summed E-state index contributed by atoms with van der Waals surface area (Å²) in [5, 5.41) is 17.6. The first-order valence-corrected chi connectivity index (χ1v) is 13.4. The van der Waals surface area contributed by atoms with E-state index in [-0.39, 0.29) is 11.8 Å². The van der Waals surface area contributed by atoms with Crippen LogP contribution in [0.5, 0.6) is 5.75 Å². The molecule has 2 saturated heterocycles. The minimum absolute atomic E-state index is 0.135. The molecule has 3 aromatic carbocycles.